The van der Waals surface area contributed by atoms with E-state index in [2.05, 4.69) is 0 Å². The molecule has 6 aromatic carbocycles. The van der Waals surface area contributed by atoms with Crippen LogP contribution in [-0.2, 0) is 0 Å². The van der Waals surface area contributed by atoms with Crippen LogP contribution < -0.4 is 49.2 Å². The van der Waals surface area contributed by atoms with Crippen LogP contribution in [0.25, 0.3) is 65.8 Å². The highest BCUT2D eigenvalue weighted by Gasteiger charge is 2.23. The Morgan fingerprint density at radius 1 is 0.263 bits per heavy atom. The molecule has 0 aliphatic heterocycles. The summed E-state index contributed by atoms with van der Waals surface area (Å²) < 4.78 is 9.91. The van der Waals surface area contributed by atoms with E-state index in [1.165, 1.54) is 48.5 Å². The van der Waals surface area contributed by atoms with E-state index >= 15 is 0 Å². The molecule has 57 heavy (non-hydrogen) atoms. The monoisotopic (exact) mass is 750 g/mol. The van der Waals surface area contributed by atoms with Crippen molar-refractivity contribution in [1.82, 2.24) is 18.3 Å². The normalized spacial score (nSPS) is 11.7. The molecule has 10 aromatic rings. The molecule has 0 N–H and O–H groups in total. The van der Waals surface area contributed by atoms with Crippen LogP contribution in [0.2, 0.25) is 0 Å². The van der Waals surface area contributed by atoms with Gasteiger partial charge in [0, 0.05) is 0 Å². The SMILES string of the molecule is O=c1c2cc3c(=O)n(-c4ccc(Oc5ccc(-n6c(=O)c7cc8c(=O)n(-c9ccccc9)c(=O)c8cc7c6=O)cc5)cc4)c(=O)c3cc2c(=O)n1-c1ccccc1. The summed E-state index contributed by atoms with van der Waals surface area (Å²) in [4.78, 5) is 107. The number of para-hydroxylation sites is 2. The molecule has 0 saturated heterocycles. The molecule has 4 heterocycles. The topological polar surface area (TPSA) is 166 Å². The van der Waals surface area contributed by atoms with Gasteiger partial charge in [-0.05, 0) is 97.1 Å². The second-order valence-electron chi connectivity index (χ2n) is 13.4. The fraction of sp³-hybridized carbons (Fsp3) is 0. The molecule has 0 unspecified atom stereocenters. The van der Waals surface area contributed by atoms with Crippen molar-refractivity contribution in [3.8, 4) is 34.2 Å². The van der Waals surface area contributed by atoms with Gasteiger partial charge in [0.1, 0.15) is 11.5 Å². The lowest BCUT2D eigenvalue weighted by molar-refractivity contribution is 0.482. The molecule has 0 spiro atoms. The van der Waals surface area contributed by atoms with Crippen LogP contribution >= 0.6 is 0 Å². The molecule has 0 aliphatic rings. The number of hydrogen-bond acceptors (Lipinski definition) is 9. The number of ether oxygens (including phenoxy) is 1. The van der Waals surface area contributed by atoms with Crippen molar-refractivity contribution in [2.75, 3.05) is 0 Å². The molecular weight excluding hydrogens is 729 g/mol. The van der Waals surface area contributed by atoms with Gasteiger partial charge in [0.05, 0.1) is 65.8 Å². The van der Waals surface area contributed by atoms with Crippen LogP contribution in [0.4, 0.5) is 0 Å². The van der Waals surface area contributed by atoms with Crippen molar-refractivity contribution in [2.45, 2.75) is 0 Å². The first-order valence-corrected chi connectivity index (χ1v) is 17.5. The summed E-state index contributed by atoms with van der Waals surface area (Å²) in [5.41, 5.74) is -3.71. The quantitative estimate of drug-likeness (QED) is 0.245. The van der Waals surface area contributed by atoms with E-state index in [0.29, 0.717) is 22.9 Å². The maximum Gasteiger partial charge on any atom is 0.266 e. The summed E-state index contributed by atoms with van der Waals surface area (Å²) in [7, 11) is 0. The molecule has 0 saturated carbocycles. The van der Waals surface area contributed by atoms with Gasteiger partial charge in [-0.15, -0.1) is 0 Å². The minimum Gasteiger partial charge on any atom is -0.457 e. The maximum absolute atomic E-state index is 13.5. The minimum absolute atomic E-state index is 0.00840. The van der Waals surface area contributed by atoms with Gasteiger partial charge in [0.15, 0.2) is 0 Å². The molecule has 10 rings (SSSR count). The van der Waals surface area contributed by atoms with Crippen molar-refractivity contribution in [2.24, 2.45) is 0 Å². The molecule has 0 bridgehead atoms. The fourth-order valence-corrected chi connectivity index (χ4v) is 7.50. The third-order valence-electron chi connectivity index (χ3n) is 10.2. The molecule has 0 amide bonds. The summed E-state index contributed by atoms with van der Waals surface area (Å²) in [5, 5.41) is 0.183. The predicted octanol–water partition coefficient (Wildman–Crippen LogP) is 3.89. The molecule has 0 fully saturated rings. The Bertz CT molecular complexity index is 3340. The molecule has 0 aliphatic carbocycles. The van der Waals surface area contributed by atoms with E-state index in [0.717, 1.165) is 18.3 Å². The molecule has 4 aromatic heterocycles. The summed E-state index contributed by atoms with van der Waals surface area (Å²) in [5.74, 6) is 0.682. The first kappa shape index (κ1) is 33.3. The molecule has 272 valence electrons. The highest BCUT2D eigenvalue weighted by Crippen LogP contribution is 2.25. The number of hydrogen-bond donors (Lipinski definition) is 0. The molecule has 0 radical (unpaired) electrons. The lowest BCUT2D eigenvalue weighted by Gasteiger charge is -2.08. The van der Waals surface area contributed by atoms with Crippen LogP contribution in [0.1, 0.15) is 0 Å². The summed E-state index contributed by atoms with van der Waals surface area (Å²) in [6.45, 7) is 0. The van der Waals surface area contributed by atoms with Gasteiger partial charge in [-0.2, -0.15) is 0 Å². The Morgan fingerprint density at radius 2 is 0.474 bits per heavy atom. The maximum atomic E-state index is 13.5. The van der Waals surface area contributed by atoms with Gasteiger partial charge in [0.2, 0.25) is 0 Å². The average molecular weight is 751 g/mol. The lowest BCUT2D eigenvalue weighted by atomic mass is 10.1. The standard InChI is InChI=1S/C44H22N4O9/c49-37-29-19-33-34(20-30(29)38(50)45(37)23-7-3-1-4-8-23)42(54)47(41(33)53)25-11-15-27(16-12-25)57-28-17-13-26(14-18-28)48-43(55)35-21-31-32(22-36(35)44(48)56)40(52)46(39(31)51)24-9-5-2-6-10-24/h1-22H. The van der Waals surface area contributed by atoms with Crippen LogP contribution in [0.15, 0.2) is 172 Å². The van der Waals surface area contributed by atoms with Crippen LogP contribution in [-0.4, -0.2) is 18.3 Å². The number of rotatable bonds is 6. The Kier molecular flexibility index (Phi) is 7.06. The number of nitrogens with zero attached hydrogens (tertiary/aromatic N) is 4. The van der Waals surface area contributed by atoms with Gasteiger partial charge in [-0.25, -0.2) is 18.3 Å². The van der Waals surface area contributed by atoms with Crippen LogP contribution in [0.5, 0.6) is 11.5 Å². The second-order valence-corrected chi connectivity index (χ2v) is 13.4. The van der Waals surface area contributed by atoms with Crippen molar-refractivity contribution in [1.29, 1.82) is 0 Å². The summed E-state index contributed by atoms with van der Waals surface area (Å²) >= 11 is 0. The molecule has 0 atom stereocenters. The third kappa shape index (κ3) is 4.82. The Hall–Kier alpha value is -8.32. The lowest BCUT2D eigenvalue weighted by Crippen LogP contribution is -2.24. The van der Waals surface area contributed by atoms with Crippen molar-refractivity contribution in [3.63, 3.8) is 0 Å². The number of benzene rings is 6. The van der Waals surface area contributed by atoms with Gasteiger partial charge < -0.3 is 4.74 Å². The smallest absolute Gasteiger partial charge is 0.266 e. The molecule has 13 nitrogen and oxygen atoms in total. The third-order valence-corrected chi connectivity index (χ3v) is 10.2. The Balaban J connectivity index is 0.937. The zero-order valence-electron chi connectivity index (χ0n) is 29.2. The summed E-state index contributed by atoms with van der Waals surface area (Å²) in [6.07, 6.45) is 0. The molecule has 13 heteroatoms. The van der Waals surface area contributed by atoms with E-state index in [9.17, 15) is 38.4 Å². The average Bonchev–Trinajstić information content (AvgIpc) is 3.83. The zero-order valence-corrected chi connectivity index (χ0v) is 29.2. The largest absolute Gasteiger partial charge is 0.457 e. The van der Waals surface area contributed by atoms with Crippen LogP contribution in [0, 0.1) is 0 Å². The van der Waals surface area contributed by atoms with Gasteiger partial charge >= 0.3 is 0 Å². The highest BCUT2D eigenvalue weighted by atomic mass is 16.5. The van der Waals surface area contributed by atoms with Gasteiger partial charge in [-0.1, -0.05) is 36.4 Å². The van der Waals surface area contributed by atoms with Gasteiger partial charge in [0.25, 0.3) is 44.5 Å². The minimum atomic E-state index is -0.648. The number of aromatic nitrogens is 4. The van der Waals surface area contributed by atoms with E-state index in [-0.39, 0.29) is 54.5 Å². The zero-order chi connectivity index (χ0) is 39.3. The van der Waals surface area contributed by atoms with E-state index in [4.69, 9.17) is 4.74 Å². The fourth-order valence-electron chi connectivity index (χ4n) is 7.50. The van der Waals surface area contributed by atoms with Crippen molar-refractivity contribution < 1.29 is 4.74 Å². The second kappa shape index (κ2) is 12.1. The number of fused-ring (bicyclic) bond motifs is 4. The van der Waals surface area contributed by atoms with Crippen LogP contribution in [0.3, 0.4) is 0 Å². The van der Waals surface area contributed by atoms with E-state index < -0.39 is 44.5 Å². The van der Waals surface area contributed by atoms with Crippen molar-refractivity contribution >= 4 is 43.1 Å². The predicted molar refractivity (Wildman–Crippen MR) is 215 cm³/mol. The van der Waals surface area contributed by atoms with Crippen molar-refractivity contribution in [3.05, 3.63) is 216 Å². The van der Waals surface area contributed by atoms with Gasteiger partial charge in [-0.3, -0.25) is 38.4 Å². The van der Waals surface area contributed by atoms with E-state index in [1.807, 2.05) is 0 Å². The van der Waals surface area contributed by atoms with E-state index in [1.54, 1.807) is 84.9 Å². The highest BCUT2D eigenvalue weighted by molar-refractivity contribution is 5.99. The first-order chi connectivity index (χ1) is 27.6. The Morgan fingerprint density at radius 3 is 0.702 bits per heavy atom. The summed E-state index contributed by atoms with van der Waals surface area (Å²) in [6, 6.07) is 34.2. The first-order valence-electron chi connectivity index (χ1n) is 17.5. The molecular formula is C44H22N4O9. The Labute approximate surface area is 316 Å².